The highest BCUT2D eigenvalue weighted by molar-refractivity contribution is 7.07. The Morgan fingerprint density at radius 2 is 1.83 bits per heavy atom. The van der Waals surface area contributed by atoms with Crippen LogP contribution < -0.4 is 19.8 Å². The molecule has 1 aromatic heterocycles. The summed E-state index contributed by atoms with van der Waals surface area (Å²) in [6, 6.07) is 12.1. The van der Waals surface area contributed by atoms with Crippen LogP contribution in [0.4, 0.5) is 10.1 Å². The Bertz CT molecular complexity index is 1580. The Balaban J connectivity index is 1.83. The highest BCUT2D eigenvalue weighted by Crippen LogP contribution is 2.35. The fourth-order valence-electron chi connectivity index (χ4n) is 4.62. The van der Waals surface area contributed by atoms with Gasteiger partial charge in [-0.1, -0.05) is 41.7 Å². The van der Waals surface area contributed by atoms with E-state index in [0.717, 1.165) is 17.0 Å². The molecule has 3 heterocycles. The lowest BCUT2D eigenvalue weighted by Gasteiger charge is -2.24. The maximum absolute atomic E-state index is 13.9. The second kappa shape index (κ2) is 8.74. The van der Waals surface area contributed by atoms with Gasteiger partial charge in [-0.3, -0.25) is 14.2 Å². The van der Waals surface area contributed by atoms with Gasteiger partial charge in [0.1, 0.15) is 10.3 Å². The number of likely N-dealkylation sites (N-methyl/N-ethyl adjacent to an activating group) is 1. The molecule has 0 bridgehead atoms. The molecule has 2 aliphatic heterocycles. The lowest BCUT2D eigenvalue weighted by atomic mass is 9.96. The van der Waals surface area contributed by atoms with E-state index in [2.05, 4.69) is 4.99 Å². The molecular weight excluding hydrogens is 469 g/mol. The molecule has 35 heavy (non-hydrogen) atoms. The summed E-state index contributed by atoms with van der Waals surface area (Å²) in [6.45, 7) is 5.86. The molecule has 7 nitrogen and oxygen atoms in total. The molecule has 0 radical (unpaired) electrons. The van der Waals surface area contributed by atoms with Gasteiger partial charge in [-0.05, 0) is 44.5 Å². The van der Waals surface area contributed by atoms with Gasteiger partial charge in [0.05, 0.1) is 35.2 Å². The fourth-order valence-corrected chi connectivity index (χ4v) is 5.75. The molecule has 178 valence electrons. The number of rotatable bonds is 4. The minimum Gasteiger partial charge on any atom is -0.463 e. The van der Waals surface area contributed by atoms with Crippen LogP contribution in [0.1, 0.15) is 37.9 Å². The number of para-hydroxylation sites is 1. The van der Waals surface area contributed by atoms with Crippen molar-refractivity contribution in [3.8, 4) is 0 Å². The first-order valence-electron chi connectivity index (χ1n) is 11.3. The van der Waals surface area contributed by atoms with Crippen molar-refractivity contribution < 1.29 is 18.7 Å². The van der Waals surface area contributed by atoms with Gasteiger partial charge in [-0.2, -0.15) is 0 Å². The van der Waals surface area contributed by atoms with Gasteiger partial charge in [0, 0.05) is 12.1 Å². The number of carbonyl (C=O) groups excluding carboxylic acids is 2. The molecule has 0 saturated heterocycles. The molecule has 2 aromatic carbocycles. The topological polar surface area (TPSA) is 81.0 Å². The van der Waals surface area contributed by atoms with Crippen molar-refractivity contribution in [3.63, 3.8) is 0 Å². The second-order valence-corrected chi connectivity index (χ2v) is 9.09. The number of hydrogen-bond donors (Lipinski definition) is 0. The highest BCUT2D eigenvalue weighted by atomic mass is 32.1. The second-order valence-electron chi connectivity index (χ2n) is 8.12. The molecule has 2 aliphatic rings. The monoisotopic (exact) mass is 491 g/mol. The van der Waals surface area contributed by atoms with E-state index in [0.29, 0.717) is 33.7 Å². The van der Waals surface area contributed by atoms with E-state index in [1.807, 2.05) is 31.2 Å². The standard InChI is InChI=1S/C26H22FN3O4S/c1-4-29-18-9-7-6-8-17(18)20(23(29)31)22-24(32)30-21(15-10-12-16(27)13-11-15)19(25(33)34-5-2)14(3)28-26(30)35-22/h6-13,21H,4-5H2,1-3H3/b22-20+/t21-/m1/s1. The first-order chi connectivity index (χ1) is 16.9. The summed E-state index contributed by atoms with van der Waals surface area (Å²) in [5.74, 6) is -1.28. The first-order valence-corrected chi connectivity index (χ1v) is 12.1. The number of allylic oxidation sites excluding steroid dienone is 1. The third-order valence-corrected chi connectivity index (χ3v) is 7.20. The zero-order valence-corrected chi connectivity index (χ0v) is 20.2. The predicted molar refractivity (Wildman–Crippen MR) is 130 cm³/mol. The molecule has 3 aromatic rings. The average Bonchev–Trinajstić information content (AvgIpc) is 3.31. The van der Waals surface area contributed by atoms with Gasteiger partial charge in [-0.15, -0.1) is 0 Å². The zero-order valence-electron chi connectivity index (χ0n) is 19.4. The van der Waals surface area contributed by atoms with Gasteiger partial charge in [-0.25, -0.2) is 14.2 Å². The van der Waals surface area contributed by atoms with Crippen LogP contribution in [-0.2, 0) is 14.3 Å². The number of anilines is 1. The number of halogens is 1. The first kappa shape index (κ1) is 22.9. The summed E-state index contributed by atoms with van der Waals surface area (Å²) in [6.07, 6.45) is 0. The Morgan fingerprint density at radius 3 is 2.51 bits per heavy atom. The molecular formula is C26H22FN3O4S. The fraction of sp³-hybridized carbons (Fsp3) is 0.231. The molecule has 0 saturated carbocycles. The van der Waals surface area contributed by atoms with E-state index in [1.165, 1.54) is 28.8 Å². The summed E-state index contributed by atoms with van der Waals surface area (Å²) >= 11 is 1.11. The van der Waals surface area contributed by atoms with Gasteiger partial charge < -0.3 is 9.64 Å². The van der Waals surface area contributed by atoms with E-state index >= 15 is 0 Å². The Morgan fingerprint density at radius 1 is 1.11 bits per heavy atom. The van der Waals surface area contributed by atoms with Crippen LogP contribution >= 0.6 is 11.3 Å². The van der Waals surface area contributed by atoms with E-state index < -0.39 is 23.4 Å². The number of ether oxygens (including phenoxy) is 1. The normalized spacial score (nSPS) is 18.3. The van der Waals surface area contributed by atoms with Crippen LogP contribution in [0, 0.1) is 5.82 Å². The molecule has 0 N–H and O–H groups in total. The number of thiazole rings is 1. The summed E-state index contributed by atoms with van der Waals surface area (Å²) < 4.78 is 20.6. The summed E-state index contributed by atoms with van der Waals surface area (Å²) in [7, 11) is 0. The Kier molecular flexibility index (Phi) is 5.72. The van der Waals surface area contributed by atoms with Crippen molar-refractivity contribution in [2.24, 2.45) is 4.99 Å². The largest absolute Gasteiger partial charge is 0.463 e. The predicted octanol–water partition coefficient (Wildman–Crippen LogP) is 2.67. The van der Waals surface area contributed by atoms with Gasteiger partial charge >= 0.3 is 5.97 Å². The number of nitrogens with zero attached hydrogens (tertiary/aromatic N) is 3. The van der Waals surface area contributed by atoms with Crippen molar-refractivity contribution >= 4 is 34.5 Å². The van der Waals surface area contributed by atoms with E-state index in [-0.39, 0.29) is 22.6 Å². The lowest BCUT2D eigenvalue weighted by Crippen LogP contribution is -2.41. The Labute approximate surface area is 204 Å². The van der Waals surface area contributed by atoms with Crippen molar-refractivity contribution in [1.29, 1.82) is 0 Å². The molecule has 0 spiro atoms. The average molecular weight is 492 g/mol. The SMILES string of the molecule is CCOC(=O)C1=C(C)N=c2s/c(=C3/C(=O)N(CC)c4ccccc43)c(=O)n2[C@@H]1c1ccc(F)cc1. The maximum atomic E-state index is 13.9. The van der Waals surface area contributed by atoms with Crippen LogP contribution in [0.5, 0.6) is 0 Å². The molecule has 0 aliphatic carbocycles. The molecule has 0 unspecified atom stereocenters. The van der Waals surface area contributed by atoms with Crippen molar-refractivity contribution in [1.82, 2.24) is 4.57 Å². The highest BCUT2D eigenvalue weighted by Gasteiger charge is 2.36. The van der Waals surface area contributed by atoms with Gasteiger partial charge in [0.25, 0.3) is 11.5 Å². The number of esters is 1. The van der Waals surface area contributed by atoms with Crippen molar-refractivity contribution in [3.05, 3.63) is 96.4 Å². The minimum atomic E-state index is -0.866. The number of aromatic nitrogens is 1. The van der Waals surface area contributed by atoms with Crippen molar-refractivity contribution in [2.75, 3.05) is 18.1 Å². The van der Waals surface area contributed by atoms with Crippen molar-refractivity contribution in [2.45, 2.75) is 26.8 Å². The van der Waals surface area contributed by atoms with E-state index in [4.69, 9.17) is 4.74 Å². The van der Waals surface area contributed by atoms with Crippen LogP contribution in [0.3, 0.4) is 0 Å². The molecule has 1 amide bonds. The number of fused-ring (bicyclic) bond motifs is 2. The summed E-state index contributed by atoms with van der Waals surface area (Å²) in [5, 5.41) is 0. The van der Waals surface area contributed by atoms with E-state index in [9.17, 15) is 18.8 Å². The van der Waals surface area contributed by atoms with Gasteiger partial charge in [0.2, 0.25) is 0 Å². The van der Waals surface area contributed by atoms with Crippen LogP contribution in [0.15, 0.2) is 69.6 Å². The maximum Gasteiger partial charge on any atom is 0.338 e. The molecule has 0 fully saturated rings. The van der Waals surface area contributed by atoms with Crippen LogP contribution in [0.2, 0.25) is 0 Å². The third-order valence-electron chi connectivity index (χ3n) is 6.14. The van der Waals surface area contributed by atoms with Gasteiger partial charge in [0.15, 0.2) is 4.80 Å². The smallest absolute Gasteiger partial charge is 0.338 e. The van der Waals surface area contributed by atoms with Crippen LogP contribution in [0.25, 0.3) is 5.57 Å². The van der Waals surface area contributed by atoms with E-state index in [1.54, 1.807) is 18.7 Å². The third kappa shape index (κ3) is 3.54. The number of hydrogen-bond acceptors (Lipinski definition) is 6. The number of carbonyl (C=O) groups is 2. The number of benzene rings is 2. The number of amides is 1. The van der Waals surface area contributed by atoms with Crippen LogP contribution in [-0.4, -0.2) is 29.6 Å². The summed E-state index contributed by atoms with van der Waals surface area (Å²) in [5.41, 5.74) is 2.47. The zero-order chi connectivity index (χ0) is 24.9. The summed E-state index contributed by atoms with van der Waals surface area (Å²) in [4.78, 5) is 46.8. The quantitative estimate of drug-likeness (QED) is 0.526. The molecule has 1 atom stereocenters. The molecule has 5 rings (SSSR count). The Hall–Kier alpha value is -3.85. The lowest BCUT2D eigenvalue weighted by molar-refractivity contribution is -0.139. The molecule has 9 heteroatoms. The minimum absolute atomic E-state index is 0.151.